The highest BCUT2D eigenvalue weighted by molar-refractivity contribution is 7.98. The Bertz CT molecular complexity index is 801. The van der Waals surface area contributed by atoms with Gasteiger partial charge in [0, 0.05) is 36.8 Å². The minimum atomic E-state index is 0.655. The maximum Gasteiger partial charge on any atom is 0.191 e. The molecule has 1 fully saturated rings. The lowest BCUT2D eigenvalue weighted by Gasteiger charge is -2.28. The van der Waals surface area contributed by atoms with Crippen molar-refractivity contribution in [3.63, 3.8) is 0 Å². The van der Waals surface area contributed by atoms with Crippen LogP contribution in [0.4, 0.5) is 5.69 Å². The average molecular weight is 413 g/mol. The Morgan fingerprint density at radius 1 is 1.10 bits per heavy atom. The van der Waals surface area contributed by atoms with Gasteiger partial charge in [0.15, 0.2) is 5.96 Å². The molecule has 0 atom stereocenters. The second-order valence-corrected chi connectivity index (χ2v) is 7.98. The molecular weight excluding hydrogens is 380 g/mol. The third-order valence-corrected chi connectivity index (χ3v) is 5.79. The van der Waals surface area contributed by atoms with Crippen LogP contribution >= 0.6 is 11.8 Å². The first-order valence-corrected chi connectivity index (χ1v) is 11.5. The molecule has 5 nitrogen and oxygen atoms in total. The highest BCUT2D eigenvalue weighted by Gasteiger charge is 2.10. The maximum absolute atomic E-state index is 5.43. The molecule has 6 heteroatoms. The number of anilines is 1. The van der Waals surface area contributed by atoms with E-state index in [0.717, 1.165) is 45.4 Å². The third-order valence-electron chi connectivity index (χ3n) is 4.97. The van der Waals surface area contributed by atoms with E-state index in [-0.39, 0.29) is 0 Å². The SMILES string of the molecule is CCNC(=NCc1ccc(N2CCOCC2)cc1)NCc1ccc(C)cc1SC. The number of nitrogens with one attached hydrogen (secondary N) is 2. The van der Waals surface area contributed by atoms with Crippen LogP contribution in [0.2, 0.25) is 0 Å². The Balaban J connectivity index is 1.60. The summed E-state index contributed by atoms with van der Waals surface area (Å²) in [6.07, 6.45) is 2.12. The van der Waals surface area contributed by atoms with E-state index >= 15 is 0 Å². The number of guanidine groups is 1. The monoisotopic (exact) mass is 412 g/mol. The van der Waals surface area contributed by atoms with E-state index in [1.165, 1.54) is 27.3 Å². The summed E-state index contributed by atoms with van der Waals surface area (Å²) in [7, 11) is 0. The fourth-order valence-electron chi connectivity index (χ4n) is 3.32. The van der Waals surface area contributed by atoms with E-state index < -0.39 is 0 Å². The van der Waals surface area contributed by atoms with Crippen molar-refractivity contribution < 1.29 is 4.74 Å². The summed E-state index contributed by atoms with van der Waals surface area (Å²) in [6, 6.07) is 15.3. The summed E-state index contributed by atoms with van der Waals surface area (Å²) < 4.78 is 5.43. The van der Waals surface area contributed by atoms with Crippen molar-refractivity contribution in [1.82, 2.24) is 10.6 Å². The normalized spacial score (nSPS) is 14.7. The van der Waals surface area contributed by atoms with E-state index in [1.54, 1.807) is 11.8 Å². The molecule has 0 amide bonds. The summed E-state index contributed by atoms with van der Waals surface area (Å²) in [5, 5.41) is 6.81. The smallest absolute Gasteiger partial charge is 0.191 e. The molecule has 1 heterocycles. The van der Waals surface area contributed by atoms with Crippen LogP contribution in [0.1, 0.15) is 23.6 Å². The number of thioether (sulfide) groups is 1. The number of aryl methyl sites for hydroxylation is 1. The molecule has 0 radical (unpaired) electrons. The molecule has 1 saturated heterocycles. The van der Waals surface area contributed by atoms with Gasteiger partial charge < -0.3 is 20.3 Å². The second-order valence-electron chi connectivity index (χ2n) is 7.13. The minimum Gasteiger partial charge on any atom is -0.378 e. The van der Waals surface area contributed by atoms with Crippen LogP contribution in [-0.2, 0) is 17.8 Å². The molecule has 156 valence electrons. The molecule has 1 aliphatic rings. The van der Waals surface area contributed by atoms with Crippen LogP contribution in [-0.4, -0.2) is 45.1 Å². The first-order chi connectivity index (χ1) is 14.2. The van der Waals surface area contributed by atoms with Crippen LogP contribution in [0, 0.1) is 6.92 Å². The fraction of sp³-hybridized carbons (Fsp3) is 0.435. The molecule has 2 aromatic carbocycles. The van der Waals surface area contributed by atoms with Gasteiger partial charge in [-0.1, -0.05) is 24.3 Å². The number of benzene rings is 2. The molecule has 29 heavy (non-hydrogen) atoms. The Morgan fingerprint density at radius 3 is 2.55 bits per heavy atom. The zero-order valence-electron chi connectivity index (χ0n) is 17.7. The van der Waals surface area contributed by atoms with Gasteiger partial charge in [0.05, 0.1) is 19.8 Å². The van der Waals surface area contributed by atoms with Crippen molar-refractivity contribution in [2.45, 2.75) is 31.8 Å². The predicted octanol–water partition coefficient (Wildman–Crippen LogP) is 3.81. The van der Waals surface area contributed by atoms with Crippen molar-refractivity contribution in [2.24, 2.45) is 4.99 Å². The van der Waals surface area contributed by atoms with Crippen molar-refractivity contribution in [2.75, 3.05) is 44.0 Å². The molecule has 0 unspecified atom stereocenters. The Hall–Kier alpha value is -2.18. The summed E-state index contributed by atoms with van der Waals surface area (Å²) in [5.74, 6) is 0.845. The minimum absolute atomic E-state index is 0.655. The lowest BCUT2D eigenvalue weighted by Crippen LogP contribution is -2.37. The zero-order chi connectivity index (χ0) is 20.5. The summed E-state index contributed by atoms with van der Waals surface area (Å²) in [6.45, 7) is 10.0. The standard InChI is InChI=1S/C23H32N4OS/c1-4-24-23(26-17-20-8-5-18(2)15-22(20)29-3)25-16-19-6-9-21(10-7-19)27-11-13-28-14-12-27/h5-10,15H,4,11-14,16-17H2,1-3H3,(H2,24,25,26). The van der Waals surface area contributed by atoms with Gasteiger partial charge in [0.2, 0.25) is 0 Å². The molecule has 2 aromatic rings. The van der Waals surface area contributed by atoms with Crippen molar-refractivity contribution in [1.29, 1.82) is 0 Å². The van der Waals surface area contributed by atoms with E-state index in [4.69, 9.17) is 9.73 Å². The van der Waals surface area contributed by atoms with Crippen molar-refractivity contribution in [3.8, 4) is 0 Å². The Labute approximate surface area is 178 Å². The first kappa shape index (κ1) is 21.5. The third kappa shape index (κ3) is 6.41. The largest absolute Gasteiger partial charge is 0.378 e. The van der Waals surface area contributed by atoms with E-state index in [2.05, 4.69) is 78.1 Å². The number of hydrogen-bond donors (Lipinski definition) is 2. The summed E-state index contributed by atoms with van der Waals surface area (Å²) >= 11 is 1.79. The predicted molar refractivity (Wildman–Crippen MR) is 124 cm³/mol. The van der Waals surface area contributed by atoms with Gasteiger partial charge in [-0.25, -0.2) is 4.99 Å². The molecule has 0 bridgehead atoms. The van der Waals surface area contributed by atoms with Gasteiger partial charge in [0.25, 0.3) is 0 Å². The fourth-order valence-corrected chi connectivity index (χ4v) is 4.03. The average Bonchev–Trinajstić information content (AvgIpc) is 2.77. The molecule has 3 rings (SSSR count). The number of ether oxygens (including phenoxy) is 1. The number of aliphatic imine (C=N–C) groups is 1. The van der Waals surface area contributed by atoms with Gasteiger partial charge in [-0.15, -0.1) is 11.8 Å². The van der Waals surface area contributed by atoms with Gasteiger partial charge in [-0.3, -0.25) is 0 Å². The van der Waals surface area contributed by atoms with Crippen LogP contribution in [0.25, 0.3) is 0 Å². The van der Waals surface area contributed by atoms with Crippen LogP contribution in [0.15, 0.2) is 52.4 Å². The van der Waals surface area contributed by atoms with Crippen molar-refractivity contribution >= 4 is 23.4 Å². The molecule has 0 saturated carbocycles. The molecular formula is C23H32N4OS. The number of hydrogen-bond acceptors (Lipinski definition) is 4. The highest BCUT2D eigenvalue weighted by Crippen LogP contribution is 2.21. The highest BCUT2D eigenvalue weighted by atomic mass is 32.2. The van der Waals surface area contributed by atoms with Gasteiger partial charge in [-0.05, 0) is 55.0 Å². The van der Waals surface area contributed by atoms with Crippen molar-refractivity contribution in [3.05, 3.63) is 59.2 Å². The summed E-state index contributed by atoms with van der Waals surface area (Å²) in [5.41, 5.74) is 5.05. The number of nitrogens with zero attached hydrogens (tertiary/aromatic N) is 2. The lowest BCUT2D eigenvalue weighted by molar-refractivity contribution is 0.122. The maximum atomic E-state index is 5.43. The molecule has 0 aromatic heterocycles. The lowest BCUT2D eigenvalue weighted by atomic mass is 10.1. The van der Waals surface area contributed by atoms with Crippen LogP contribution < -0.4 is 15.5 Å². The van der Waals surface area contributed by atoms with E-state index in [0.29, 0.717) is 6.54 Å². The number of rotatable bonds is 7. The number of morpholine rings is 1. The van der Waals surface area contributed by atoms with Gasteiger partial charge in [-0.2, -0.15) is 0 Å². The quantitative estimate of drug-likeness (QED) is 0.411. The van der Waals surface area contributed by atoms with E-state index in [9.17, 15) is 0 Å². The molecule has 2 N–H and O–H groups in total. The van der Waals surface area contributed by atoms with Crippen LogP contribution in [0.3, 0.4) is 0 Å². The molecule has 1 aliphatic heterocycles. The van der Waals surface area contributed by atoms with Gasteiger partial charge in [0.1, 0.15) is 0 Å². The molecule has 0 spiro atoms. The first-order valence-electron chi connectivity index (χ1n) is 10.3. The van der Waals surface area contributed by atoms with Crippen LogP contribution in [0.5, 0.6) is 0 Å². The summed E-state index contributed by atoms with van der Waals surface area (Å²) in [4.78, 5) is 8.45. The second kappa shape index (κ2) is 11.1. The van der Waals surface area contributed by atoms with Gasteiger partial charge >= 0.3 is 0 Å². The Kier molecular flexibility index (Phi) is 8.25. The zero-order valence-corrected chi connectivity index (χ0v) is 18.5. The topological polar surface area (TPSA) is 48.9 Å². The van der Waals surface area contributed by atoms with E-state index in [1.807, 2.05) is 0 Å². The molecule has 0 aliphatic carbocycles. The Morgan fingerprint density at radius 2 is 1.86 bits per heavy atom.